The summed E-state index contributed by atoms with van der Waals surface area (Å²) in [4.78, 5) is 12.5. The zero-order valence-corrected chi connectivity index (χ0v) is 17.0. The second-order valence-electron chi connectivity index (χ2n) is 6.62. The molecule has 27 heavy (non-hydrogen) atoms. The van der Waals surface area contributed by atoms with Crippen LogP contribution in [0.4, 0.5) is 15.8 Å². The third-order valence-corrected chi connectivity index (χ3v) is 4.16. The number of halogens is 3. The van der Waals surface area contributed by atoms with Crippen LogP contribution < -0.4 is 16.0 Å². The summed E-state index contributed by atoms with van der Waals surface area (Å²) < 4.78 is 15.4. The van der Waals surface area contributed by atoms with Gasteiger partial charge in [-0.1, -0.05) is 0 Å². The quantitative estimate of drug-likeness (QED) is 0.690. The standard InChI is InChI=1S/C18H24FN5O.2ClH/c1-12(2)21-15-6-5-13(19)10-17(15)22-18(25)16-7-9-24(23-16)14-4-3-8-20-11-14;;/h5-7,9-10,12,14,20-21H,3-4,8,11H2,1-2H3,(H,22,25);2*1H. The molecule has 9 heteroatoms. The molecule has 1 unspecified atom stereocenters. The first-order valence-electron chi connectivity index (χ1n) is 8.66. The van der Waals surface area contributed by atoms with Crippen molar-refractivity contribution in [1.82, 2.24) is 15.1 Å². The number of carbonyl (C=O) groups excluding carboxylic acids is 1. The Balaban J connectivity index is 0.00000182. The van der Waals surface area contributed by atoms with Crippen LogP contribution in [0.3, 0.4) is 0 Å². The predicted octanol–water partition coefficient (Wildman–Crippen LogP) is 3.86. The normalized spacial score (nSPS) is 16.2. The van der Waals surface area contributed by atoms with E-state index in [0.717, 1.165) is 25.9 Å². The number of nitrogens with zero attached hydrogens (tertiary/aromatic N) is 2. The summed E-state index contributed by atoms with van der Waals surface area (Å²) in [6, 6.07) is 6.42. The lowest BCUT2D eigenvalue weighted by Gasteiger charge is -2.22. The van der Waals surface area contributed by atoms with Crippen molar-refractivity contribution in [1.29, 1.82) is 0 Å². The third kappa shape index (κ3) is 6.09. The maximum absolute atomic E-state index is 13.6. The smallest absolute Gasteiger partial charge is 0.276 e. The van der Waals surface area contributed by atoms with Crippen LogP contribution in [0.5, 0.6) is 0 Å². The van der Waals surface area contributed by atoms with E-state index in [-0.39, 0.29) is 42.8 Å². The van der Waals surface area contributed by atoms with Crippen LogP contribution in [-0.2, 0) is 0 Å². The number of piperidine rings is 1. The van der Waals surface area contributed by atoms with Gasteiger partial charge >= 0.3 is 0 Å². The van der Waals surface area contributed by atoms with E-state index in [2.05, 4.69) is 21.0 Å². The Morgan fingerprint density at radius 3 is 2.74 bits per heavy atom. The Labute approximate surface area is 171 Å². The SMILES string of the molecule is CC(C)Nc1ccc(F)cc1NC(=O)c1ccn(C2CCCNC2)n1.Cl.Cl. The number of hydrogen-bond acceptors (Lipinski definition) is 4. The summed E-state index contributed by atoms with van der Waals surface area (Å²) >= 11 is 0. The highest BCUT2D eigenvalue weighted by Gasteiger charge is 2.18. The first-order valence-corrected chi connectivity index (χ1v) is 8.66. The van der Waals surface area contributed by atoms with Gasteiger partial charge in [0.1, 0.15) is 5.82 Å². The van der Waals surface area contributed by atoms with Crippen molar-refractivity contribution in [2.75, 3.05) is 23.7 Å². The van der Waals surface area contributed by atoms with Crippen molar-refractivity contribution >= 4 is 42.1 Å². The monoisotopic (exact) mass is 417 g/mol. The van der Waals surface area contributed by atoms with Gasteiger partial charge in [-0.3, -0.25) is 9.48 Å². The predicted molar refractivity (Wildman–Crippen MR) is 111 cm³/mol. The topological polar surface area (TPSA) is 71.0 Å². The van der Waals surface area contributed by atoms with Gasteiger partial charge in [-0.2, -0.15) is 5.10 Å². The minimum absolute atomic E-state index is 0. The van der Waals surface area contributed by atoms with E-state index in [1.54, 1.807) is 12.1 Å². The highest BCUT2D eigenvalue weighted by molar-refractivity contribution is 6.04. The van der Waals surface area contributed by atoms with Crippen molar-refractivity contribution < 1.29 is 9.18 Å². The first kappa shape index (κ1) is 23.2. The number of rotatable bonds is 5. The van der Waals surface area contributed by atoms with E-state index in [1.165, 1.54) is 12.1 Å². The summed E-state index contributed by atoms with van der Waals surface area (Å²) in [6.07, 6.45) is 3.97. The van der Waals surface area contributed by atoms with Gasteiger partial charge in [0.2, 0.25) is 0 Å². The first-order chi connectivity index (χ1) is 12.0. The molecule has 1 aromatic heterocycles. The van der Waals surface area contributed by atoms with Gasteiger partial charge in [-0.25, -0.2) is 4.39 Å². The molecular weight excluding hydrogens is 392 g/mol. The number of anilines is 2. The molecule has 1 aliphatic heterocycles. The summed E-state index contributed by atoms with van der Waals surface area (Å²) in [6.45, 7) is 5.84. The van der Waals surface area contributed by atoms with Crippen LogP contribution in [0.2, 0.25) is 0 Å². The molecule has 1 aliphatic rings. The lowest BCUT2D eigenvalue weighted by atomic mass is 10.1. The van der Waals surface area contributed by atoms with E-state index >= 15 is 0 Å². The van der Waals surface area contributed by atoms with E-state index in [0.29, 0.717) is 17.1 Å². The molecule has 6 nitrogen and oxygen atoms in total. The lowest BCUT2D eigenvalue weighted by molar-refractivity contribution is 0.102. The zero-order chi connectivity index (χ0) is 17.8. The van der Waals surface area contributed by atoms with Crippen LogP contribution in [0, 0.1) is 5.82 Å². The van der Waals surface area contributed by atoms with Crippen molar-refractivity contribution in [3.63, 3.8) is 0 Å². The summed E-state index contributed by atoms with van der Waals surface area (Å²) in [5.74, 6) is -0.747. The average molecular weight is 418 g/mol. The van der Waals surface area contributed by atoms with Gasteiger partial charge in [0, 0.05) is 18.8 Å². The fraction of sp³-hybridized carbons (Fsp3) is 0.444. The minimum Gasteiger partial charge on any atom is -0.381 e. The molecule has 0 aliphatic carbocycles. The number of hydrogen-bond donors (Lipinski definition) is 3. The van der Waals surface area contributed by atoms with E-state index < -0.39 is 5.82 Å². The van der Waals surface area contributed by atoms with Crippen LogP contribution in [-0.4, -0.2) is 34.8 Å². The molecule has 3 N–H and O–H groups in total. The van der Waals surface area contributed by atoms with E-state index in [9.17, 15) is 9.18 Å². The number of amides is 1. The minimum atomic E-state index is -0.400. The van der Waals surface area contributed by atoms with Gasteiger partial charge < -0.3 is 16.0 Å². The Bertz CT molecular complexity index is 747. The molecule has 0 saturated carbocycles. The Morgan fingerprint density at radius 2 is 2.07 bits per heavy atom. The van der Waals surface area contributed by atoms with Crippen molar-refractivity contribution in [3.05, 3.63) is 42.0 Å². The van der Waals surface area contributed by atoms with Crippen molar-refractivity contribution in [2.24, 2.45) is 0 Å². The van der Waals surface area contributed by atoms with Crippen LogP contribution in [0.15, 0.2) is 30.5 Å². The zero-order valence-electron chi connectivity index (χ0n) is 15.4. The average Bonchev–Trinajstić information content (AvgIpc) is 3.08. The summed E-state index contributed by atoms with van der Waals surface area (Å²) in [7, 11) is 0. The maximum Gasteiger partial charge on any atom is 0.276 e. The van der Waals surface area contributed by atoms with Gasteiger partial charge in [0.05, 0.1) is 17.4 Å². The largest absolute Gasteiger partial charge is 0.381 e. The van der Waals surface area contributed by atoms with E-state index in [1.807, 2.05) is 24.7 Å². The molecule has 1 atom stereocenters. The van der Waals surface area contributed by atoms with E-state index in [4.69, 9.17) is 0 Å². The maximum atomic E-state index is 13.6. The number of nitrogens with one attached hydrogen (secondary N) is 3. The molecule has 0 bridgehead atoms. The Hall–Kier alpha value is -1.83. The summed E-state index contributed by atoms with van der Waals surface area (Å²) in [5, 5.41) is 13.7. The second kappa shape index (κ2) is 10.5. The molecule has 0 spiro atoms. The molecule has 1 aromatic carbocycles. The Kier molecular flexibility index (Phi) is 9.02. The summed E-state index contributed by atoms with van der Waals surface area (Å²) in [5.41, 5.74) is 1.42. The molecule has 1 fully saturated rings. The van der Waals surface area contributed by atoms with Gasteiger partial charge in [-0.15, -0.1) is 24.8 Å². The third-order valence-electron chi connectivity index (χ3n) is 4.16. The highest BCUT2D eigenvalue weighted by Crippen LogP contribution is 2.24. The highest BCUT2D eigenvalue weighted by atomic mass is 35.5. The fourth-order valence-electron chi connectivity index (χ4n) is 2.96. The molecule has 1 amide bonds. The number of aromatic nitrogens is 2. The fourth-order valence-corrected chi connectivity index (χ4v) is 2.96. The molecule has 0 radical (unpaired) electrons. The molecule has 1 saturated heterocycles. The van der Waals surface area contributed by atoms with Gasteiger partial charge in [0.15, 0.2) is 5.69 Å². The van der Waals surface area contributed by atoms with Crippen molar-refractivity contribution in [2.45, 2.75) is 38.8 Å². The van der Waals surface area contributed by atoms with Crippen LogP contribution >= 0.6 is 24.8 Å². The second-order valence-corrected chi connectivity index (χ2v) is 6.62. The lowest BCUT2D eigenvalue weighted by Crippen LogP contribution is -2.32. The van der Waals surface area contributed by atoms with Crippen LogP contribution in [0.1, 0.15) is 43.2 Å². The van der Waals surface area contributed by atoms with Crippen LogP contribution in [0.25, 0.3) is 0 Å². The molecule has 3 rings (SSSR count). The molecule has 2 heterocycles. The van der Waals surface area contributed by atoms with Crippen molar-refractivity contribution in [3.8, 4) is 0 Å². The molecule has 150 valence electrons. The molecule has 2 aromatic rings. The van der Waals surface area contributed by atoms with Gasteiger partial charge in [0.25, 0.3) is 5.91 Å². The Morgan fingerprint density at radius 1 is 1.30 bits per heavy atom. The van der Waals surface area contributed by atoms with Gasteiger partial charge in [-0.05, 0) is 57.5 Å². The number of benzene rings is 1. The molecular formula is C18H26Cl2FN5O. The number of carbonyl (C=O) groups is 1.